The highest BCUT2D eigenvalue weighted by Crippen LogP contribution is 2.32. The van der Waals surface area contributed by atoms with E-state index in [0.717, 1.165) is 62.5 Å². The minimum atomic E-state index is -0.00533. The average molecular weight is 287 g/mol. The van der Waals surface area contributed by atoms with E-state index in [-0.39, 0.29) is 5.60 Å². The SMILES string of the molecule is CN1CCC2(CC1)CN(c1ncnc3cc[nH]c13)CCO2. The van der Waals surface area contributed by atoms with Crippen molar-refractivity contribution < 1.29 is 4.74 Å². The molecule has 0 saturated carbocycles. The Bertz CT molecular complexity index is 632. The van der Waals surface area contributed by atoms with Gasteiger partial charge in [0.15, 0.2) is 5.82 Å². The first-order valence-corrected chi connectivity index (χ1v) is 7.61. The van der Waals surface area contributed by atoms with Gasteiger partial charge in [0.25, 0.3) is 0 Å². The van der Waals surface area contributed by atoms with Crippen molar-refractivity contribution in [1.82, 2.24) is 19.9 Å². The Morgan fingerprint density at radius 2 is 2.10 bits per heavy atom. The summed E-state index contributed by atoms with van der Waals surface area (Å²) < 4.78 is 6.18. The van der Waals surface area contributed by atoms with Gasteiger partial charge in [-0.3, -0.25) is 0 Å². The number of hydrogen-bond acceptors (Lipinski definition) is 5. The van der Waals surface area contributed by atoms with Crippen molar-refractivity contribution in [3.05, 3.63) is 18.6 Å². The number of ether oxygens (including phenoxy) is 1. The Morgan fingerprint density at radius 3 is 2.95 bits per heavy atom. The number of rotatable bonds is 1. The molecule has 0 aliphatic carbocycles. The summed E-state index contributed by atoms with van der Waals surface area (Å²) in [6.07, 6.45) is 5.77. The Morgan fingerprint density at radius 1 is 1.24 bits per heavy atom. The highest BCUT2D eigenvalue weighted by Gasteiger charge is 2.39. The molecule has 2 saturated heterocycles. The third-order valence-corrected chi connectivity index (χ3v) is 4.77. The van der Waals surface area contributed by atoms with E-state index in [0.29, 0.717) is 0 Å². The van der Waals surface area contributed by atoms with E-state index in [4.69, 9.17) is 4.74 Å². The van der Waals surface area contributed by atoms with Gasteiger partial charge >= 0.3 is 0 Å². The molecule has 2 aliphatic rings. The van der Waals surface area contributed by atoms with E-state index in [9.17, 15) is 0 Å². The Hall–Kier alpha value is -1.66. The molecule has 0 atom stereocenters. The molecular weight excluding hydrogens is 266 g/mol. The van der Waals surface area contributed by atoms with Gasteiger partial charge in [-0.15, -0.1) is 0 Å². The number of morpholine rings is 1. The first kappa shape index (κ1) is 13.0. The van der Waals surface area contributed by atoms with Crippen molar-refractivity contribution in [2.24, 2.45) is 0 Å². The lowest BCUT2D eigenvalue weighted by Crippen LogP contribution is -2.56. The number of hydrogen-bond donors (Lipinski definition) is 1. The van der Waals surface area contributed by atoms with Crippen molar-refractivity contribution in [1.29, 1.82) is 0 Å². The van der Waals surface area contributed by atoms with Gasteiger partial charge in [-0.1, -0.05) is 0 Å². The van der Waals surface area contributed by atoms with Gasteiger partial charge in [-0.2, -0.15) is 0 Å². The maximum absolute atomic E-state index is 6.18. The van der Waals surface area contributed by atoms with Crippen LogP contribution in [0.3, 0.4) is 0 Å². The molecule has 21 heavy (non-hydrogen) atoms. The standard InChI is InChI=1S/C15H21N5O/c1-19-6-3-15(4-7-19)10-20(8-9-21-15)14-13-12(2-5-16-13)17-11-18-14/h2,5,11,16H,3-4,6-10H2,1H3. The van der Waals surface area contributed by atoms with Gasteiger partial charge in [0.1, 0.15) is 11.8 Å². The predicted octanol–water partition coefficient (Wildman–Crippen LogP) is 1.26. The molecule has 1 spiro atoms. The Kier molecular flexibility index (Phi) is 3.08. The number of aromatic nitrogens is 3. The number of nitrogens with zero attached hydrogens (tertiary/aromatic N) is 4. The number of piperidine rings is 1. The third-order valence-electron chi connectivity index (χ3n) is 4.77. The van der Waals surface area contributed by atoms with Gasteiger partial charge < -0.3 is 19.5 Å². The minimum absolute atomic E-state index is 0.00533. The van der Waals surface area contributed by atoms with E-state index >= 15 is 0 Å². The lowest BCUT2D eigenvalue weighted by atomic mass is 9.89. The maximum atomic E-state index is 6.18. The molecule has 0 amide bonds. The predicted molar refractivity (Wildman–Crippen MR) is 81.5 cm³/mol. The van der Waals surface area contributed by atoms with Crippen LogP contribution < -0.4 is 4.90 Å². The maximum Gasteiger partial charge on any atom is 0.156 e. The first-order valence-electron chi connectivity index (χ1n) is 7.61. The number of aromatic amines is 1. The van der Waals surface area contributed by atoms with Crippen LogP contribution in [0, 0.1) is 0 Å². The zero-order chi connectivity index (χ0) is 14.3. The largest absolute Gasteiger partial charge is 0.371 e. The molecule has 2 fully saturated rings. The number of likely N-dealkylation sites (tertiary alicyclic amines) is 1. The molecule has 0 unspecified atom stereocenters. The van der Waals surface area contributed by atoms with Crippen LogP contribution in [0.1, 0.15) is 12.8 Å². The molecule has 0 bridgehead atoms. The van der Waals surface area contributed by atoms with Crippen LogP contribution in [0.25, 0.3) is 11.0 Å². The smallest absolute Gasteiger partial charge is 0.156 e. The fraction of sp³-hybridized carbons (Fsp3) is 0.600. The first-order chi connectivity index (χ1) is 10.3. The van der Waals surface area contributed by atoms with Crippen LogP contribution in [0.15, 0.2) is 18.6 Å². The average Bonchev–Trinajstić information content (AvgIpc) is 2.99. The Labute approximate surface area is 124 Å². The molecule has 0 aromatic carbocycles. The van der Waals surface area contributed by atoms with Crippen molar-refractivity contribution in [2.45, 2.75) is 18.4 Å². The molecule has 2 aliphatic heterocycles. The summed E-state index contributed by atoms with van der Waals surface area (Å²) in [7, 11) is 2.18. The van der Waals surface area contributed by atoms with Crippen LogP contribution in [0.4, 0.5) is 5.82 Å². The molecule has 2 aromatic heterocycles. The number of nitrogens with one attached hydrogen (secondary N) is 1. The summed E-state index contributed by atoms with van der Waals surface area (Å²) >= 11 is 0. The van der Waals surface area contributed by atoms with Crippen molar-refractivity contribution in [3.63, 3.8) is 0 Å². The lowest BCUT2D eigenvalue weighted by Gasteiger charge is -2.47. The van der Waals surface area contributed by atoms with Crippen LogP contribution in [0.2, 0.25) is 0 Å². The second-order valence-corrected chi connectivity index (χ2v) is 6.19. The second-order valence-electron chi connectivity index (χ2n) is 6.19. The number of H-pyrrole nitrogens is 1. The monoisotopic (exact) mass is 287 g/mol. The van der Waals surface area contributed by atoms with Crippen molar-refractivity contribution in [2.75, 3.05) is 44.7 Å². The molecule has 2 aromatic rings. The van der Waals surface area contributed by atoms with Crippen LogP contribution in [0.5, 0.6) is 0 Å². The van der Waals surface area contributed by atoms with Gasteiger partial charge in [-0.05, 0) is 26.0 Å². The van der Waals surface area contributed by atoms with Crippen LogP contribution in [-0.4, -0.2) is 65.3 Å². The Balaban J connectivity index is 1.62. The highest BCUT2D eigenvalue weighted by atomic mass is 16.5. The summed E-state index contributed by atoms with van der Waals surface area (Å²) in [5.41, 5.74) is 2.00. The molecular formula is C15H21N5O. The van der Waals surface area contributed by atoms with Gasteiger partial charge in [-0.25, -0.2) is 9.97 Å². The normalized spacial score (nSPS) is 23.0. The van der Waals surface area contributed by atoms with Gasteiger partial charge in [0.2, 0.25) is 0 Å². The van der Waals surface area contributed by atoms with Crippen LogP contribution >= 0.6 is 0 Å². The van der Waals surface area contributed by atoms with Gasteiger partial charge in [0.05, 0.1) is 17.7 Å². The molecule has 6 nitrogen and oxygen atoms in total. The molecule has 6 heteroatoms. The van der Waals surface area contributed by atoms with Crippen molar-refractivity contribution in [3.8, 4) is 0 Å². The quantitative estimate of drug-likeness (QED) is 0.855. The molecule has 112 valence electrons. The minimum Gasteiger partial charge on any atom is -0.371 e. The topological polar surface area (TPSA) is 57.3 Å². The van der Waals surface area contributed by atoms with E-state index in [1.165, 1.54) is 0 Å². The van der Waals surface area contributed by atoms with E-state index in [1.807, 2.05) is 12.3 Å². The fourth-order valence-electron chi connectivity index (χ4n) is 3.45. The lowest BCUT2D eigenvalue weighted by molar-refractivity contribution is -0.0884. The second kappa shape index (κ2) is 4.96. The summed E-state index contributed by atoms with van der Waals surface area (Å²) in [4.78, 5) is 16.8. The van der Waals surface area contributed by atoms with E-state index in [1.54, 1.807) is 6.33 Å². The molecule has 1 N–H and O–H groups in total. The molecule has 4 rings (SSSR count). The van der Waals surface area contributed by atoms with E-state index < -0.39 is 0 Å². The van der Waals surface area contributed by atoms with Crippen molar-refractivity contribution >= 4 is 16.9 Å². The highest BCUT2D eigenvalue weighted by molar-refractivity contribution is 5.85. The third kappa shape index (κ3) is 2.28. The zero-order valence-electron chi connectivity index (χ0n) is 12.4. The molecule has 0 radical (unpaired) electrons. The summed E-state index contributed by atoms with van der Waals surface area (Å²) in [5, 5.41) is 0. The number of anilines is 1. The van der Waals surface area contributed by atoms with E-state index in [2.05, 4.69) is 31.8 Å². The number of fused-ring (bicyclic) bond motifs is 1. The van der Waals surface area contributed by atoms with Gasteiger partial charge in [0, 0.05) is 32.4 Å². The van der Waals surface area contributed by atoms with Crippen LogP contribution in [-0.2, 0) is 4.74 Å². The fourth-order valence-corrected chi connectivity index (χ4v) is 3.45. The zero-order valence-corrected chi connectivity index (χ0v) is 12.4. The summed E-state index contributed by atoms with van der Waals surface area (Å²) in [6.45, 7) is 4.80. The summed E-state index contributed by atoms with van der Waals surface area (Å²) in [6, 6.07) is 1.99. The summed E-state index contributed by atoms with van der Waals surface area (Å²) in [5.74, 6) is 1.01. The molecule has 4 heterocycles.